The number of anilines is 1. The van der Waals surface area contributed by atoms with Gasteiger partial charge in [0.2, 0.25) is 20.0 Å². The lowest BCUT2D eigenvalue weighted by Gasteiger charge is -2.22. The molecular formula is C19H25FN2O4S2. The molecule has 0 fully saturated rings. The average Bonchev–Trinajstić information content (AvgIpc) is 2.62. The molecule has 0 bridgehead atoms. The fraction of sp³-hybridized carbons (Fsp3) is 0.368. The SMILES string of the molecule is CCCCCN(Cc1ccc(F)cc1)S(=O)(=O)c1ccc(NS(C)(=O)=O)cc1. The van der Waals surface area contributed by atoms with Crippen LogP contribution in [0, 0.1) is 5.82 Å². The molecule has 0 amide bonds. The van der Waals surface area contributed by atoms with Gasteiger partial charge < -0.3 is 0 Å². The third kappa shape index (κ3) is 6.57. The van der Waals surface area contributed by atoms with Crippen LogP contribution < -0.4 is 4.72 Å². The first-order valence-electron chi connectivity index (χ1n) is 8.94. The molecule has 1 N–H and O–H groups in total. The molecule has 0 aliphatic rings. The van der Waals surface area contributed by atoms with E-state index in [-0.39, 0.29) is 22.9 Å². The summed E-state index contributed by atoms with van der Waals surface area (Å²) in [6, 6.07) is 11.3. The topological polar surface area (TPSA) is 83.6 Å². The molecule has 0 heterocycles. The Labute approximate surface area is 166 Å². The lowest BCUT2D eigenvalue weighted by molar-refractivity contribution is 0.394. The molecule has 0 saturated carbocycles. The summed E-state index contributed by atoms with van der Waals surface area (Å²) in [5, 5.41) is 0. The molecule has 154 valence electrons. The molecule has 0 spiro atoms. The van der Waals surface area contributed by atoms with E-state index in [9.17, 15) is 21.2 Å². The predicted octanol–water partition coefficient (Wildman–Crippen LogP) is 3.58. The highest BCUT2D eigenvalue weighted by Gasteiger charge is 2.24. The van der Waals surface area contributed by atoms with Crippen LogP contribution in [0.5, 0.6) is 0 Å². The van der Waals surface area contributed by atoms with E-state index in [0.717, 1.165) is 19.1 Å². The maximum atomic E-state index is 13.1. The Bertz CT molecular complexity index is 974. The zero-order chi connectivity index (χ0) is 20.8. The molecule has 2 rings (SSSR count). The molecule has 0 atom stereocenters. The van der Waals surface area contributed by atoms with Crippen molar-refractivity contribution in [1.29, 1.82) is 0 Å². The molecule has 0 aliphatic heterocycles. The zero-order valence-electron chi connectivity index (χ0n) is 15.9. The van der Waals surface area contributed by atoms with Crippen molar-refractivity contribution in [1.82, 2.24) is 4.31 Å². The third-order valence-corrected chi connectivity index (χ3v) is 6.54. The van der Waals surface area contributed by atoms with Crippen LogP contribution in [0.25, 0.3) is 0 Å². The van der Waals surface area contributed by atoms with Gasteiger partial charge in [0.15, 0.2) is 0 Å². The van der Waals surface area contributed by atoms with Crippen molar-refractivity contribution in [3.05, 3.63) is 59.9 Å². The standard InChI is InChI=1S/C19H25FN2O4S2/c1-3-4-5-14-22(15-16-6-8-17(20)9-7-16)28(25,26)19-12-10-18(11-13-19)21-27(2,23)24/h6-13,21H,3-5,14-15H2,1-2H3. The van der Waals surface area contributed by atoms with Crippen LogP contribution in [0.3, 0.4) is 0 Å². The van der Waals surface area contributed by atoms with E-state index in [1.807, 2.05) is 6.92 Å². The molecule has 28 heavy (non-hydrogen) atoms. The van der Waals surface area contributed by atoms with Crippen LogP contribution in [-0.4, -0.2) is 33.9 Å². The minimum atomic E-state index is -3.79. The summed E-state index contributed by atoms with van der Waals surface area (Å²) in [5.41, 5.74) is 0.981. The summed E-state index contributed by atoms with van der Waals surface area (Å²) in [7, 11) is -7.23. The molecule has 2 aromatic carbocycles. The Balaban J connectivity index is 2.27. The van der Waals surface area contributed by atoms with Gasteiger partial charge in [-0.25, -0.2) is 21.2 Å². The van der Waals surface area contributed by atoms with Gasteiger partial charge in [0.05, 0.1) is 11.2 Å². The van der Waals surface area contributed by atoms with Crippen LogP contribution in [0.2, 0.25) is 0 Å². The Morgan fingerprint density at radius 1 is 0.929 bits per heavy atom. The second-order valence-corrected chi connectivity index (χ2v) is 10.3. The number of unbranched alkanes of at least 4 members (excludes halogenated alkanes) is 2. The summed E-state index contributed by atoms with van der Waals surface area (Å²) >= 11 is 0. The van der Waals surface area contributed by atoms with Crippen LogP contribution in [0.4, 0.5) is 10.1 Å². The number of halogens is 1. The number of nitrogens with zero attached hydrogens (tertiary/aromatic N) is 1. The van der Waals surface area contributed by atoms with Gasteiger partial charge in [-0.05, 0) is 48.4 Å². The fourth-order valence-electron chi connectivity index (χ4n) is 2.67. The lowest BCUT2D eigenvalue weighted by atomic mass is 10.2. The van der Waals surface area contributed by atoms with E-state index < -0.39 is 20.0 Å². The monoisotopic (exact) mass is 428 g/mol. The molecular weight excluding hydrogens is 403 g/mol. The van der Waals surface area contributed by atoms with Gasteiger partial charge in [0.1, 0.15) is 5.82 Å². The van der Waals surface area contributed by atoms with Crippen molar-refractivity contribution in [3.63, 3.8) is 0 Å². The first kappa shape index (κ1) is 22.3. The van der Waals surface area contributed by atoms with E-state index >= 15 is 0 Å². The zero-order valence-corrected chi connectivity index (χ0v) is 17.6. The number of nitrogens with one attached hydrogen (secondary N) is 1. The van der Waals surface area contributed by atoms with E-state index in [1.54, 1.807) is 12.1 Å². The van der Waals surface area contributed by atoms with Gasteiger partial charge >= 0.3 is 0 Å². The highest BCUT2D eigenvalue weighted by Crippen LogP contribution is 2.22. The largest absolute Gasteiger partial charge is 0.284 e. The number of sulfonamides is 2. The number of benzene rings is 2. The van der Waals surface area contributed by atoms with Gasteiger partial charge in [0, 0.05) is 18.8 Å². The van der Waals surface area contributed by atoms with E-state index in [1.165, 1.54) is 40.7 Å². The molecule has 0 aromatic heterocycles. The minimum absolute atomic E-state index is 0.0742. The first-order chi connectivity index (χ1) is 13.1. The van der Waals surface area contributed by atoms with Gasteiger partial charge in [-0.1, -0.05) is 31.9 Å². The predicted molar refractivity (Wildman–Crippen MR) is 108 cm³/mol. The summed E-state index contributed by atoms with van der Waals surface area (Å²) in [6.07, 6.45) is 3.59. The number of hydrogen-bond acceptors (Lipinski definition) is 4. The van der Waals surface area contributed by atoms with Gasteiger partial charge in [-0.15, -0.1) is 0 Å². The van der Waals surface area contributed by atoms with Crippen LogP contribution in [0.1, 0.15) is 31.7 Å². The van der Waals surface area contributed by atoms with Gasteiger partial charge in [-0.2, -0.15) is 4.31 Å². The van der Waals surface area contributed by atoms with Crippen molar-refractivity contribution >= 4 is 25.7 Å². The van der Waals surface area contributed by atoms with Crippen LogP contribution in [-0.2, 0) is 26.6 Å². The average molecular weight is 429 g/mol. The van der Waals surface area contributed by atoms with E-state index in [0.29, 0.717) is 18.5 Å². The van der Waals surface area contributed by atoms with Gasteiger partial charge in [0.25, 0.3) is 0 Å². The maximum Gasteiger partial charge on any atom is 0.243 e. The summed E-state index contributed by atoms with van der Waals surface area (Å²) < 4.78 is 65.6. The van der Waals surface area contributed by atoms with E-state index in [4.69, 9.17) is 0 Å². The molecule has 0 unspecified atom stereocenters. The minimum Gasteiger partial charge on any atom is -0.284 e. The highest BCUT2D eigenvalue weighted by molar-refractivity contribution is 7.92. The molecule has 2 aromatic rings. The highest BCUT2D eigenvalue weighted by atomic mass is 32.2. The Morgan fingerprint density at radius 3 is 2.07 bits per heavy atom. The van der Waals surface area contributed by atoms with Crippen LogP contribution >= 0.6 is 0 Å². The fourth-order valence-corrected chi connectivity index (χ4v) is 4.70. The first-order valence-corrected chi connectivity index (χ1v) is 12.3. The number of rotatable bonds is 10. The molecule has 6 nitrogen and oxygen atoms in total. The third-order valence-electron chi connectivity index (χ3n) is 4.08. The number of hydrogen-bond donors (Lipinski definition) is 1. The Hall–Kier alpha value is -1.97. The summed E-state index contributed by atoms with van der Waals surface area (Å²) in [5.74, 6) is -0.377. The molecule has 0 aliphatic carbocycles. The van der Waals surface area contributed by atoms with Crippen molar-refractivity contribution < 1.29 is 21.2 Å². The summed E-state index contributed by atoms with van der Waals surface area (Å²) in [4.78, 5) is 0.0742. The Morgan fingerprint density at radius 2 is 1.54 bits per heavy atom. The summed E-state index contributed by atoms with van der Waals surface area (Å²) in [6.45, 7) is 2.51. The maximum absolute atomic E-state index is 13.1. The quantitative estimate of drug-likeness (QED) is 0.586. The smallest absolute Gasteiger partial charge is 0.243 e. The second kappa shape index (κ2) is 9.49. The van der Waals surface area contributed by atoms with Crippen LogP contribution in [0.15, 0.2) is 53.4 Å². The lowest BCUT2D eigenvalue weighted by Crippen LogP contribution is -2.31. The molecule has 0 saturated heterocycles. The normalized spacial score (nSPS) is 12.3. The second-order valence-electron chi connectivity index (χ2n) is 6.57. The van der Waals surface area contributed by atoms with Gasteiger partial charge in [-0.3, -0.25) is 4.72 Å². The van der Waals surface area contributed by atoms with Crippen molar-refractivity contribution in [3.8, 4) is 0 Å². The van der Waals surface area contributed by atoms with E-state index in [2.05, 4.69) is 4.72 Å². The van der Waals surface area contributed by atoms with Crippen molar-refractivity contribution in [2.24, 2.45) is 0 Å². The van der Waals surface area contributed by atoms with Crippen molar-refractivity contribution in [2.75, 3.05) is 17.5 Å². The van der Waals surface area contributed by atoms with Crippen molar-refractivity contribution in [2.45, 2.75) is 37.6 Å². The Kier molecular flexibility index (Phi) is 7.56. The molecule has 9 heteroatoms. The molecule has 0 radical (unpaired) electrons.